The number of hydrogen-bond donors (Lipinski definition) is 0. The molecule has 2 nitrogen and oxygen atoms in total. The van der Waals surface area contributed by atoms with E-state index in [-0.39, 0.29) is 22.7 Å². The average molecular weight is 268 g/mol. The highest BCUT2D eigenvalue weighted by Crippen LogP contribution is 2.28. The second kappa shape index (κ2) is 7.78. The van der Waals surface area contributed by atoms with Crippen LogP contribution in [0.5, 0.6) is 0 Å². The highest BCUT2D eigenvalue weighted by Gasteiger charge is 2.27. The zero-order valence-electron chi connectivity index (χ0n) is 11.7. The van der Waals surface area contributed by atoms with Gasteiger partial charge >= 0.3 is 0 Å². The fraction of sp³-hybridized carbons (Fsp3) is 0.733. The first-order chi connectivity index (χ1) is 8.56. The van der Waals surface area contributed by atoms with Crippen LogP contribution in [0.15, 0.2) is 11.6 Å². The van der Waals surface area contributed by atoms with Gasteiger partial charge in [0.25, 0.3) is 0 Å². The number of hydrogen-bond acceptors (Lipinski definition) is 3. The van der Waals surface area contributed by atoms with Crippen LogP contribution in [-0.2, 0) is 9.59 Å². The maximum absolute atomic E-state index is 12.4. The van der Waals surface area contributed by atoms with Crippen LogP contribution >= 0.6 is 11.8 Å². The monoisotopic (exact) mass is 268 g/mol. The number of rotatable bonds is 5. The van der Waals surface area contributed by atoms with Gasteiger partial charge < -0.3 is 0 Å². The van der Waals surface area contributed by atoms with Crippen molar-refractivity contribution in [1.82, 2.24) is 0 Å². The number of ketones is 1. The minimum absolute atomic E-state index is 0.0400. The van der Waals surface area contributed by atoms with E-state index in [2.05, 4.69) is 0 Å². The topological polar surface area (TPSA) is 34.1 Å². The second-order valence-electron chi connectivity index (χ2n) is 5.24. The summed E-state index contributed by atoms with van der Waals surface area (Å²) in [7, 11) is 0. The van der Waals surface area contributed by atoms with Gasteiger partial charge in [0.1, 0.15) is 0 Å². The van der Waals surface area contributed by atoms with Gasteiger partial charge in [0, 0.05) is 5.92 Å². The Morgan fingerprint density at radius 2 is 1.83 bits per heavy atom. The molecule has 3 heteroatoms. The van der Waals surface area contributed by atoms with Crippen molar-refractivity contribution in [3.8, 4) is 0 Å². The molecule has 0 N–H and O–H groups in total. The molecule has 1 fully saturated rings. The van der Waals surface area contributed by atoms with E-state index in [1.807, 2.05) is 26.8 Å². The van der Waals surface area contributed by atoms with Gasteiger partial charge in [-0.1, -0.05) is 57.9 Å². The first kappa shape index (κ1) is 15.5. The van der Waals surface area contributed by atoms with E-state index in [1.54, 1.807) is 0 Å². The predicted octanol–water partition coefficient (Wildman–Crippen LogP) is 4.00. The lowest BCUT2D eigenvalue weighted by molar-refractivity contribution is -0.122. The van der Waals surface area contributed by atoms with E-state index in [4.69, 9.17) is 0 Å². The first-order valence-electron chi connectivity index (χ1n) is 6.99. The molecule has 0 bridgehead atoms. The first-order valence-corrected chi connectivity index (χ1v) is 7.98. The predicted molar refractivity (Wildman–Crippen MR) is 77.6 cm³/mol. The highest BCUT2D eigenvalue weighted by atomic mass is 32.2. The van der Waals surface area contributed by atoms with E-state index in [1.165, 1.54) is 18.2 Å². The quantitative estimate of drug-likeness (QED) is 0.429. The van der Waals surface area contributed by atoms with E-state index in [9.17, 15) is 9.59 Å². The van der Waals surface area contributed by atoms with Crippen LogP contribution in [0.2, 0.25) is 0 Å². The number of carbonyl (C=O) groups excluding carboxylic acids is 2. The lowest BCUT2D eigenvalue weighted by atomic mass is 9.83. The van der Waals surface area contributed by atoms with Gasteiger partial charge in [0.2, 0.25) is 5.12 Å². The molecule has 0 aromatic carbocycles. The van der Waals surface area contributed by atoms with Crippen LogP contribution in [0.3, 0.4) is 0 Å². The van der Waals surface area contributed by atoms with Gasteiger partial charge in [-0.25, -0.2) is 0 Å². The summed E-state index contributed by atoms with van der Waals surface area (Å²) >= 11 is 1.25. The van der Waals surface area contributed by atoms with E-state index >= 15 is 0 Å². The molecule has 1 aliphatic rings. The van der Waals surface area contributed by atoms with Crippen molar-refractivity contribution in [2.24, 2.45) is 11.8 Å². The van der Waals surface area contributed by atoms with Crippen LogP contribution in [0.1, 0.15) is 52.9 Å². The Morgan fingerprint density at radius 3 is 2.33 bits per heavy atom. The Morgan fingerprint density at radius 1 is 1.22 bits per heavy atom. The zero-order chi connectivity index (χ0) is 13.5. The molecule has 1 aliphatic carbocycles. The van der Waals surface area contributed by atoms with Crippen molar-refractivity contribution >= 4 is 22.7 Å². The molecule has 0 aromatic heterocycles. The van der Waals surface area contributed by atoms with Crippen LogP contribution in [0.4, 0.5) is 0 Å². The maximum atomic E-state index is 12.4. The summed E-state index contributed by atoms with van der Waals surface area (Å²) in [6, 6.07) is 0. The number of carbonyl (C=O) groups is 2. The van der Waals surface area contributed by atoms with Gasteiger partial charge in [-0.3, -0.25) is 9.59 Å². The largest absolute Gasteiger partial charge is 0.294 e. The van der Waals surface area contributed by atoms with Gasteiger partial charge in [0.15, 0.2) is 5.78 Å². The smallest absolute Gasteiger partial charge is 0.222 e. The fourth-order valence-electron chi connectivity index (χ4n) is 2.38. The summed E-state index contributed by atoms with van der Waals surface area (Å²) in [5, 5.41) is -0.0400. The van der Waals surface area contributed by atoms with Crippen LogP contribution in [0, 0.1) is 11.8 Å². The molecule has 18 heavy (non-hydrogen) atoms. The third-order valence-corrected chi connectivity index (χ3v) is 4.01. The Kier molecular flexibility index (Phi) is 6.69. The van der Waals surface area contributed by atoms with Gasteiger partial charge in [-0.2, -0.15) is 0 Å². The van der Waals surface area contributed by atoms with Crippen molar-refractivity contribution in [1.29, 1.82) is 0 Å². The molecule has 0 heterocycles. The lowest BCUT2D eigenvalue weighted by Crippen LogP contribution is -2.23. The molecule has 0 aromatic rings. The molecule has 0 aliphatic heterocycles. The molecular weight excluding hydrogens is 244 g/mol. The third kappa shape index (κ3) is 4.60. The minimum Gasteiger partial charge on any atom is -0.294 e. The Hall–Kier alpha value is -0.570. The third-order valence-electron chi connectivity index (χ3n) is 3.24. The van der Waals surface area contributed by atoms with Crippen LogP contribution in [0.25, 0.3) is 0 Å². The number of Topliss-reactive ketones (excluding diaryl/α,β-unsaturated/α-hetero) is 1. The van der Waals surface area contributed by atoms with Crippen LogP contribution < -0.4 is 0 Å². The van der Waals surface area contributed by atoms with Gasteiger partial charge in [-0.05, 0) is 24.5 Å². The maximum Gasteiger partial charge on any atom is 0.222 e. The lowest BCUT2D eigenvalue weighted by Gasteiger charge is -2.21. The van der Waals surface area contributed by atoms with Crippen molar-refractivity contribution in [2.45, 2.75) is 52.9 Å². The van der Waals surface area contributed by atoms with E-state index < -0.39 is 0 Å². The summed E-state index contributed by atoms with van der Waals surface area (Å²) in [5.74, 6) is 1.15. The number of allylic oxidation sites excluding steroid dienone is 1. The standard InChI is InChI=1S/C15H24O2S/c1-4-18-15(17)13(10-11(2)3)14(16)12-8-6-5-7-9-12/h10-12H,4-9H2,1-3H3/b13-10+. The van der Waals surface area contributed by atoms with Gasteiger partial charge in [-0.15, -0.1) is 0 Å². The Bertz CT molecular complexity index is 325. The Labute approximate surface area is 115 Å². The summed E-state index contributed by atoms with van der Waals surface area (Å²) < 4.78 is 0. The summed E-state index contributed by atoms with van der Waals surface area (Å²) in [6.45, 7) is 5.97. The molecule has 0 spiro atoms. The van der Waals surface area contributed by atoms with Crippen LogP contribution in [-0.4, -0.2) is 16.7 Å². The normalized spacial score (nSPS) is 18.1. The number of thioether (sulfide) groups is 1. The zero-order valence-corrected chi connectivity index (χ0v) is 12.5. The summed E-state index contributed by atoms with van der Waals surface area (Å²) in [5.41, 5.74) is 0.448. The van der Waals surface area contributed by atoms with E-state index in [0.29, 0.717) is 5.57 Å². The molecule has 0 atom stereocenters. The second-order valence-corrected chi connectivity index (χ2v) is 6.48. The Balaban J connectivity index is 2.81. The highest BCUT2D eigenvalue weighted by molar-refractivity contribution is 8.14. The molecule has 102 valence electrons. The van der Waals surface area contributed by atoms with Crippen molar-refractivity contribution < 1.29 is 9.59 Å². The molecule has 0 radical (unpaired) electrons. The van der Waals surface area contributed by atoms with Gasteiger partial charge in [0.05, 0.1) is 5.57 Å². The minimum atomic E-state index is -0.0400. The van der Waals surface area contributed by atoms with Crippen molar-refractivity contribution in [3.63, 3.8) is 0 Å². The van der Waals surface area contributed by atoms with Crippen molar-refractivity contribution in [2.75, 3.05) is 5.75 Å². The average Bonchev–Trinajstić information content (AvgIpc) is 2.36. The van der Waals surface area contributed by atoms with Crippen molar-refractivity contribution in [3.05, 3.63) is 11.6 Å². The molecule has 0 saturated heterocycles. The molecule has 1 rings (SSSR count). The molecule has 1 saturated carbocycles. The summed E-state index contributed by atoms with van der Waals surface area (Å²) in [4.78, 5) is 24.5. The van der Waals surface area contributed by atoms with E-state index in [0.717, 1.165) is 31.4 Å². The molecule has 0 amide bonds. The molecular formula is C15H24O2S. The SMILES string of the molecule is CCSC(=O)/C(=C/C(C)C)C(=O)C1CCCCC1. The summed E-state index contributed by atoms with van der Waals surface area (Å²) in [6.07, 6.45) is 7.24. The fourth-order valence-corrected chi connectivity index (χ4v) is 2.96. The molecule has 0 unspecified atom stereocenters.